The number of hydrogen-bond acceptors (Lipinski definition) is 7. The minimum Gasteiger partial charge on any atom is -0.491 e. The van der Waals surface area contributed by atoms with Crippen molar-refractivity contribution >= 4 is 11.5 Å². The first kappa shape index (κ1) is 18.2. The van der Waals surface area contributed by atoms with E-state index < -0.39 is 12.1 Å². The van der Waals surface area contributed by atoms with Gasteiger partial charge in [0.1, 0.15) is 24.0 Å². The molecule has 0 saturated carbocycles. The molecular weight excluding hydrogens is 316 g/mol. The Kier molecular flexibility index (Phi) is 6.98. The Hall–Kier alpha value is -2.16. The van der Waals surface area contributed by atoms with E-state index in [1.54, 1.807) is 30.0 Å². The third-order valence-corrected chi connectivity index (χ3v) is 3.24. The predicted octanol–water partition coefficient (Wildman–Crippen LogP) is 0.914. The molecule has 1 unspecified atom stereocenters. The molecule has 8 heteroatoms. The first-order chi connectivity index (χ1) is 11.7. The van der Waals surface area contributed by atoms with Gasteiger partial charge in [-0.3, -0.25) is 0 Å². The molecule has 0 aliphatic carbocycles. The molecule has 2 rings (SSSR count). The number of carbonyl (C=O) groups is 1. The average Bonchev–Trinajstić information content (AvgIpc) is 3.00. The van der Waals surface area contributed by atoms with Crippen molar-refractivity contribution in [3.05, 3.63) is 30.1 Å². The summed E-state index contributed by atoms with van der Waals surface area (Å²) in [7, 11) is 3.10. The van der Waals surface area contributed by atoms with Crippen LogP contribution in [0.1, 0.15) is 16.8 Å². The summed E-state index contributed by atoms with van der Waals surface area (Å²) in [6.45, 7) is 1.09. The van der Waals surface area contributed by atoms with Gasteiger partial charge in [0.15, 0.2) is 0 Å². The number of aliphatic hydroxyl groups is 1. The zero-order valence-corrected chi connectivity index (χ0v) is 13.8. The Balaban J connectivity index is 2.03. The fourth-order valence-corrected chi connectivity index (χ4v) is 2.09. The number of methoxy groups -OCH3 is 2. The topological polar surface area (TPSA) is 91.5 Å². The second kappa shape index (κ2) is 9.21. The molecule has 0 spiro atoms. The molecule has 1 atom stereocenters. The van der Waals surface area contributed by atoms with Gasteiger partial charge in [-0.15, -0.1) is 0 Å². The molecular formula is C16H22N2O6. The highest BCUT2D eigenvalue weighted by atomic mass is 16.5. The highest BCUT2D eigenvalue weighted by Gasteiger charge is 2.15. The summed E-state index contributed by atoms with van der Waals surface area (Å²) in [4.78, 5) is 12.1. The number of ether oxygens (including phenoxy) is 4. The van der Waals surface area contributed by atoms with E-state index in [0.717, 1.165) is 0 Å². The normalized spacial score (nSPS) is 12.3. The molecule has 132 valence electrons. The maximum atomic E-state index is 12.1. The van der Waals surface area contributed by atoms with Crippen molar-refractivity contribution in [2.45, 2.75) is 12.5 Å². The quantitative estimate of drug-likeness (QED) is 0.508. The Labute approximate surface area is 139 Å². The second-order valence-corrected chi connectivity index (χ2v) is 5.15. The highest BCUT2D eigenvalue weighted by Crippen LogP contribution is 2.19. The first-order valence-corrected chi connectivity index (χ1v) is 7.59. The van der Waals surface area contributed by atoms with E-state index in [9.17, 15) is 9.90 Å². The monoisotopic (exact) mass is 338 g/mol. The average molecular weight is 338 g/mol. The van der Waals surface area contributed by atoms with Crippen LogP contribution in [0.4, 0.5) is 0 Å². The number of aromatic nitrogens is 2. The second-order valence-electron chi connectivity index (χ2n) is 5.15. The molecule has 2 heterocycles. The number of nitrogens with zero attached hydrogens (tertiary/aromatic N) is 2. The van der Waals surface area contributed by atoms with Crippen molar-refractivity contribution in [2.24, 2.45) is 0 Å². The Morgan fingerprint density at radius 1 is 1.29 bits per heavy atom. The molecule has 0 aliphatic heterocycles. The lowest BCUT2D eigenvalue weighted by Crippen LogP contribution is -2.22. The zero-order chi connectivity index (χ0) is 17.4. The van der Waals surface area contributed by atoms with Gasteiger partial charge in [0.05, 0.1) is 24.9 Å². The van der Waals surface area contributed by atoms with Crippen LogP contribution in [0.2, 0.25) is 0 Å². The minimum atomic E-state index is -0.721. The number of rotatable bonds is 10. The van der Waals surface area contributed by atoms with Crippen molar-refractivity contribution in [3.63, 3.8) is 0 Å². The van der Waals surface area contributed by atoms with E-state index >= 15 is 0 Å². The standard InChI is InChI=1S/C16H22N2O6/c1-21-6-3-7-23-16(20)14-9-17-18-5-4-13(8-15(14)18)24-11-12(19)10-22-2/h4-5,8-9,12,19H,3,6-7,10-11H2,1-2H3. The summed E-state index contributed by atoms with van der Waals surface area (Å²) in [5.41, 5.74) is 0.931. The molecule has 0 aliphatic rings. The number of hydrogen-bond donors (Lipinski definition) is 1. The van der Waals surface area contributed by atoms with Crippen LogP contribution in [0.15, 0.2) is 24.5 Å². The summed E-state index contributed by atoms with van der Waals surface area (Å²) in [5.74, 6) is 0.0734. The van der Waals surface area contributed by atoms with Gasteiger partial charge in [-0.2, -0.15) is 5.10 Å². The number of fused-ring (bicyclic) bond motifs is 1. The first-order valence-electron chi connectivity index (χ1n) is 7.59. The van der Waals surface area contributed by atoms with E-state index in [0.29, 0.717) is 29.9 Å². The van der Waals surface area contributed by atoms with Crippen molar-refractivity contribution in [1.29, 1.82) is 0 Å². The minimum absolute atomic E-state index is 0.0922. The molecule has 0 radical (unpaired) electrons. The fourth-order valence-electron chi connectivity index (χ4n) is 2.09. The SMILES string of the molecule is COCCCOC(=O)c1cnn2ccc(OCC(O)COC)cc12. The van der Waals surface area contributed by atoms with Gasteiger partial charge in [0.2, 0.25) is 0 Å². The van der Waals surface area contributed by atoms with Gasteiger partial charge in [-0.05, 0) is 6.07 Å². The summed E-state index contributed by atoms with van der Waals surface area (Å²) in [6, 6.07) is 3.38. The van der Waals surface area contributed by atoms with Gasteiger partial charge in [-0.1, -0.05) is 0 Å². The number of pyridine rings is 1. The lowest BCUT2D eigenvalue weighted by Gasteiger charge is -2.11. The highest BCUT2D eigenvalue weighted by molar-refractivity contribution is 5.96. The van der Waals surface area contributed by atoms with Crippen LogP contribution in [0.25, 0.3) is 5.52 Å². The maximum Gasteiger partial charge on any atom is 0.341 e. The smallest absolute Gasteiger partial charge is 0.341 e. The maximum absolute atomic E-state index is 12.1. The summed E-state index contributed by atoms with van der Waals surface area (Å²) in [6.07, 6.45) is 3.04. The van der Waals surface area contributed by atoms with Crippen molar-refractivity contribution < 1.29 is 28.8 Å². The van der Waals surface area contributed by atoms with Crippen LogP contribution in [0.5, 0.6) is 5.75 Å². The van der Waals surface area contributed by atoms with E-state index in [1.165, 1.54) is 13.3 Å². The third kappa shape index (κ3) is 4.92. The number of carbonyl (C=O) groups excluding carboxylic acids is 1. The molecule has 0 amide bonds. The van der Waals surface area contributed by atoms with Crippen LogP contribution in [0.3, 0.4) is 0 Å². The lowest BCUT2D eigenvalue weighted by atomic mass is 10.2. The Morgan fingerprint density at radius 2 is 2.12 bits per heavy atom. The summed E-state index contributed by atoms with van der Waals surface area (Å²) >= 11 is 0. The predicted molar refractivity (Wildman–Crippen MR) is 85.3 cm³/mol. The summed E-state index contributed by atoms with van der Waals surface area (Å²) in [5, 5.41) is 13.7. The third-order valence-electron chi connectivity index (χ3n) is 3.24. The Morgan fingerprint density at radius 3 is 2.88 bits per heavy atom. The van der Waals surface area contributed by atoms with Crippen molar-refractivity contribution in [2.75, 3.05) is 40.6 Å². The van der Waals surface area contributed by atoms with Crippen LogP contribution >= 0.6 is 0 Å². The van der Waals surface area contributed by atoms with Gasteiger partial charge < -0.3 is 24.1 Å². The van der Waals surface area contributed by atoms with Gasteiger partial charge >= 0.3 is 5.97 Å². The molecule has 0 saturated heterocycles. The zero-order valence-electron chi connectivity index (χ0n) is 13.8. The van der Waals surface area contributed by atoms with Crippen molar-refractivity contribution in [3.8, 4) is 5.75 Å². The van der Waals surface area contributed by atoms with Crippen molar-refractivity contribution in [1.82, 2.24) is 9.61 Å². The largest absolute Gasteiger partial charge is 0.491 e. The molecule has 2 aromatic rings. The molecule has 8 nitrogen and oxygen atoms in total. The van der Waals surface area contributed by atoms with E-state index in [4.69, 9.17) is 18.9 Å². The molecule has 2 aromatic heterocycles. The summed E-state index contributed by atoms with van der Waals surface area (Å²) < 4.78 is 22.0. The molecule has 1 N–H and O–H groups in total. The molecule has 0 fully saturated rings. The van der Waals surface area contributed by atoms with Crippen LogP contribution in [0, 0.1) is 0 Å². The van der Waals surface area contributed by atoms with Gasteiger partial charge in [0.25, 0.3) is 0 Å². The van der Waals surface area contributed by atoms with Gasteiger partial charge in [0, 0.05) is 39.5 Å². The van der Waals surface area contributed by atoms with Gasteiger partial charge in [-0.25, -0.2) is 9.31 Å². The van der Waals surface area contributed by atoms with Crippen LogP contribution in [-0.4, -0.2) is 67.4 Å². The van der Waals surface area contributed by atoms with E-state index in [2.05, 4.69) is 5.10 Å². The fraction of sp³-hybridized carbons (Fsp3) is 0.500. The number of aliphatic hydroxyl groups excluding tert-OH is 1. The lowest BCUT2D eigenvalue weighted by molar-refractivity contribution is 0.0325. The molecule has 0 aromatic carbocycles. The number of esters is 1. The van der Waals surface area contributed by atoms with Crippen LogP contribution in [-0.2, 0) is 14.2 Å². The molecule has 0 bridgehead atoms. The Bertz CT molecular complexity index is 657. The van der Waals surface area contributed by atoms with E-state index in [-0.39, 0.29) is 19.8 Å². The van der Waals surface area contributed by atoms with E-state index in [1.807, 2.05) is 0 Å². The molecule has 24 heavy (non-hydrogen) atoms. The van der Waals surface area contributed by atoms with Crippen LogP contribution < -0.4 is 4.74 Å².